The second-order valence-electron chi connectivity index (χ2n) is 6.11. The zero-order chi connectivity index (χ0) is 17.6. The van der Waals surface area contributed by atoms with Gasteiger partial charge in [-0.3, -0.25) is 9.69 Å². The van der Waals surface area contributed by atoms with Gasteiger partial charge in [-0.25, -0.2) is 0 Å². The lowest BCUT2D eigenvalue weighted by Gasteiger charge is -2.35. The predicted octanol–water partition coefficient (Wildman–Crippen LogP) is 3.58. The van der Waals surface area contributed by atoms with Crippen LogP contribution < -0.4 is 5.32 Å². The highest BCUT2D eigenvalue weighted by atomic mass is 32.2. The van der Waals surface area contributed by atoms with Crippen LogP contribution >= 0.6 is 23.1 Å². The molecule has 25 heavy (non-hydrogen) atoms. The summed E-state index contributed by atoms with van der Waals surface area (Å²) in [4.78, 5) is 16.9. The number of benzene rings is 1. The molecule has 1 amide bonds. The molecule has 1 aromatic heterocycles. The SMILES string of the molecule is CSc1ccsc1C(=O)NCC(c1cccc(C)c1)N1CCOCC1. The molecule has 1 unspecified atom stereocenters. The van der Waals surface area contributed by atoms with Crippen molar-refractivity contribution in [3.8, 4) is 0 Å². The average Bonchev–Trinajstić information content (AvgIpc) is 3.11. The van der Waals surface area contributed by atoms with Gasteiger partial charge in [-0.15, -0.1) is 23.1 Å². The molecule has 1 aliphatic heterocycles. The number of thioether (sulfide) groups is 1. The number of aryl methyl sites for hydroxylation is 1. The Labute approximate surface area is 157 Å². The number of nitrogens with zero attached hydrogens (tertiary/aromatic N) is 1. The van der Waals surface area contributed by atoms with E-state index < -0.39 is 0 Å². The lowest BCUT2D eigenvalue weighted by molar-refractivity contribution is 0.0162. The molecule has 1 fully saturated rings. The van der Waals surface area contributed by atoms with Crippen molar-refractivity contribution in [1.29, 1.82) is 0 Å². The number of morpholine rings is 1. The highest BCUT2D eigenvalue weighted by Gasteiger charge is 2.24. The first-order chi connectivity index (χ1) is 12.2. The van der Waals surface area contributed by atoms with Crippen LogP contribution in [0.3, 0.4) is 0 Å². The fourth-order valence-corrected chi connectivity index (χ4v) is 4.78. The summed E-state index contributed by atoms with van der Waals surface area (Å²) in [6.45, 7) is 5.99. The molecular formula is C19H24N2O2S2. The number of carbonyl (C=O) groups excluding carboxylic acids is 1. The molecule has 6 heteroatoms. The number of thiophene rings is 1. The highest BCUT2D eigenvalue weighted by molar-refractivity contribution is 7.98. The van der Waals surface area contributed by atoms with E-state index in [9.17, 15) is 4.79 Å². The van der Waals surface area contributed by atoms with Gasteiger partial charge in [0.2, 0.25) is 0 Å². The van der Waals surface area contributed by atoms with Gasteiger partial charge in [0.05, 0.1) is 19.3 Å². The molecule has 1 aromatic carbocycles. The average molecular weight is 377 g/mol. The maximum Gasteiger partial charge on any atom is 0.262 e. The summed E-state index contributed by atoms with van der Waals surface area (Å²) in [6.07, 6.45) is 2.00. The highest BCUT2D eigenvalue weighted by Crippen LogP contribution is 2.26. The normalized spacial score (nSPS) is 16.6. The molecule has 0 saturated carbocycles. The van der Waals surface area contributed by atoms with E-state index >= 15 is 0 Å². The Morgan fingerprint density at radius 3 is 2.88 bits per heavy atom. The summed E-state index contributed by atoms with van der Waals surface area (Å²) in [5.41, 5.74) is 2.49. The number of hydrogen-bond donors (Lipinski definition) is 1. The minimum atomic E-state index is 0.0188. The molecule has 1 saturated heterocycles. The van der Waals surface area contributed by atoms with Crippen LogP contribution in [-0.4, -0.2) is 49.9 Å². The zero-order valence-corrected chi connectivity index (χ0v) is 16.3. The van der Waals surface area contributed by atoms with Crippen molar-refractivity contribution in [2.24, 2.45) is 0 Å². The number of hydrogen-bond acceptors (Lipinski definition) is 5. The Morgan fingerprint density at radius 2 is 2.16 bits per heavy atom. The maximum atomic E-state index is 12.6. The molecule has 4 nitrogen and oxygen atoms in total. The Kier molecular flexibility index (Phi) is 6.53. The topological polar surface area (TPSA) is 41.6 Å². The Balaban J connectivity index is 1.74. The third-order valence-electron chi connectivity index (χ3n) is 4.42. The van der Waals surface area contributed by atoms with Crippen LogP contribution in [0.1, 0.15) is 26.8 Å². The number of rotatable bonds is 6. The summed E-state index contributed by atoms with van der Waals surface area (Å²) < 4.78 is 5.49. The summed E-state index contributed by atoms with van der Waals surface area (Å²) in [5, 5.41) is 5.12. The molecule has 0 aliphatic carbocycles. The second kappa shape index (κ2) is 8.85. The minimum Gasteiger partial charge on any atom is -0.379 e. The van der Waals surface area contributed by atoms with Gasteiger partial charge in [0.25, 0.3) is 5.91 Å². The third kappa shape index (κ3) is 4.64. The first-order valence-corrected chi connectivity index (χ1v) is 10.6. The Bertz CT molecular complexity index is 711. The first kappa shape index (κ1) is 18.5. The molecule has 1 aliphatic rings. The molecule has 1 atom stereocenters. The Morgan fingerprint density at radius 1 is 1.36 bits per heavy atom. The molecule has 3 rings (SSSR count). The maximum absolute atomic E-state index is 12.6. The number of amides is 1. The molecule has 0 radical (unpaired) electrons. The van der Waals surface area contributed by atoms with Crippen LogP contribution in [-0.2, 0) is 4.74 Å². The summed E-state index contributed by atoms with van der Waals surface area (Å²) in [5.74, 6) is 0.0188. The van der Waals surface area contributed by atoms with Gasteiger partial charge in [0.1, 0.15) is 4.88 Å². The fourth-order valence-electron chi connectivity index (χ4n) is 3.12. The Hall–Kier alpha value is -1.34. The van der Waals surface area contributed by atoms with Crippen molar-refractivity contribution < 1.29 is 9.53 Å². The van der Waals surface area contributed by atoms with Crippen molar-refractivity contribution in [1.82, 2.24) is 10.2 Å². The van der Waals surface area contributed by atoms with Gasteiger partial charge in [-0.05, 0) is 30.2 Å². The lowest BCUT2D eigenvalue weighted by atomic mass is 10.0. The van der Waals surface area contributed by atoms with Crippen LogP contribution in [0.25, 0.3) is 0 Å². The van der Waals surface area contributed by atoms with Crippen LogP contribution in [0.15, 0.2) is 40.6 Å². The van der Waals surface area contributed by atoms with E-state index in [1.165, 1.54) is 22.5 Å². The molecule has 2 aromatic rings. The van der Waals surface area contributed by atoms with Crippen molar-refractivity contribution in [3.05, 3.63) is 51.7 Å². The predicted molar refractivity (Wildman–Crippen MR) is 105 cm³/mol. The van der Waals surface area contributed by atoms with Gasteiger partial charge >= 0.3 is 0 Å². The quantitative estimate of drug-likeness (QED) is 0.783. The van der Waals surface area contributed by atoms with Gasteiger partial charge in [0, 0.05) is 24.5 Å². The van der Waals surface area contributed by atoms with E-state index in [0.717, 1.165) is 36.1 Å². The van der Waals surface area contributed by atoms with Gasteiger partial charge in [0.15, 0.2) is 0 Å². The second-order valence-corrected chi connectivity index (χ2v) is 7.87. The summed E-state index contributed by atoms with van der Waals surface area (Å²) >= 11 is 3.11. The monoisotopic (exact) mass is 376 g/mol. The minimum absolute atomic E-state index is 0.0188. The van der Waals surface area contributed by atoms with Gasteiger partial charge in [-0.1, -0.05) is 29.8 Å². The lowest BCUT2D eigenvalue weighted by Crippen LogP contribution is -2.43. The van der Waals surface area contributed by atoms with E-state index in [1.54, 1.807) is 11.8 Å². The van der Waals surface area contributed by atoms with Gasteiger partial charge < -0.3 is 10.1 Å². The third-order valence-corrected chi connectivity index (χ3v) is 6.25. The molecule has 134 valence electrons. The van der Waals surface area contributed by atoms with Crippen molar-refractivity contribution >= 4 is 29.0 Å². The molecular weight excluding hydrogens is 352 g/mol. The van der Waals surface area contributed by atoms with Gasteiger partial charge in [-0.2, -0.15) is 0 Å². The standard InChI is InChI=1S/C19H24N2O2S2/c1-14-4-3-5-15(12-14)16(21-7-9-23-10-8-21)13-20-19(22)18-17(24-2)6-11-25-18/h3-6,11-12,16H,7-10,13H2,1-2H3,(H,20,22). The smallest absolute Gasteiger partial charge is 0.262 e. The van der Waals surface area contributed by atoms with Crippen LogP contribution in [0.2, 0.25) is 0 Å². The van der Waals surface area contributed by atoms with E-state index in [-0.39, 0.29) is 11.9 Å². The van der Waals surface area contributed by atoms with Crippen LogP contribution in [0.4, 0.5) is 0 Å². The molecule has 1 N–H and O–H groups in total. The van der Waals surface area contributed by atoms with Crippen LogP contribution in [0, 0.1) is 6.92 Å². The van der Waals surface area contributed by atoms with Crippen molar-refractivity contribution in [3.63, 3.8) is 0 Å². The molecule has 0 bridgehead atoms. The summed E-state index contributed by atoms with van der Waals surface area (Å²) in [7, 11) is 0. The molecule has 0 spiro atoms. The number of nitrogens with one attached hydrogen (secondary N) is 1. The van der Waals surface area contributed by atoms with Crippen LogP contribution in [0.5, 0.6) is 0 Å². The molecule has 2 heterocycles. The van der Waals surface area contributed by atoms with Crippen molar-refractivity contribution in [2.75, 3.05) is 39.1 Å². The summed E-state index contributed by atoms with van der Waals surface area (Å²) in [6, 6.07) is 10.7. The first-order valence-electron chi connectivity index (χ1n) is 8.47. The van der Waals surface area contributed by atoms with E-state index in [4.69, 9.17) is 4.74 Å². The fraction of sp³-hybridized carbons (Fsp3) is 0.421. The van der Waals surface area contributed by atoms with E-state index in [1.807, 2.05) is 17.7 Å². The zero-order valence-electron chi connectivity index (χ0n) is 14.7. The van der Waals surface area contributed by atoms with E-state index in [2.05, 4.69) is 41.4 Å². The largest absolute Gasteiger partial charge is 0.379 e. The van der Waals surface area contributed by atoms with Crippen molar-refractivity contribution in [2.45, 2.75) is 17.9 Å². The number of carbonyl (C=O) groups is 1. The van der Waals surface area contributed by atoms with E-state index in [0.29, 0.717) is 6.54 Å². The number of ether oxygens (including phenoxy) is 1.